The van der Waals surface area contributed by atoms with Gasteiger partial charge < -0.3 is 9.64 Å². The number of ether oxygens (including phenoxy) is 1. The van der Waals surface area contributed by atoms with Crippen molar-refractivity contribution < 1.29 is 9.53 Å². The molecule has 1 aliphatic carbocycles. The molecular weight excluding hydrogens is 264 g/mol. The standard InChI is InChI=1S/C17H32N2O2/c1-14(2)18-17(15-9-10-15,16(20)21-3)13-19-11-7-5-4-6-8-12-19/h14-15,18H,4-13H2,1-3H3. The number of carbonyl (C=O) groups is 1. The van der Waals surface area contributed by atoms with E-state index in [2.05, 4.69) is 24.1 Å². The summed E-state index contributed by atoms with van der Waals surface area (Å²) in [5.74, 6) is 0.374. The van der Waals surface area contributed by atoms with Crippen LogP contribution in [-0.4, -0.2) is 49.2 Å². The molecule has 0 spiro atoms. The maximum absolute atomic E-state index is 12.6. The number of rotatable bonds is 6. The second kappa shape index (κ2) is 7.59. The molecule has 4 nitrogen and oxygen atoms in total. The number of carbonyl (C=O) groups excluding carboxylic acids is 1. The van der Waals surface area contributed by atoms with E-state index in [1.807, 2.05) is 0 Å². The summed E-state index contributed by atoms with van der Waals surface area (Å²) in [6.45, 7) is 7.28. The van der Waals surface area contributed by atoms with E-state index in [0.29, 0.717) is 12.0 Å². The number of likely N-dealkylation sites (tertiary alicyclic amines) is 1. The molecule has 2 aliphatic rings. The van der Waals surface area contributed by atoms with Gasteiger partial charge in [-0.05, 0) is 58.5 Å². The van der Waals surface area contributed by atoms with Crippen LogP contribution in [0.25, 0.3) is 0 Å². The highest BCUT2D eigenvalue weighted by molar-refractivity contribution is 5.82. The van der Waals surface area contributed by atoms with Crippen molar-refractivity contribution in [2.24, 2.45) is 5.92 Å². The predicted molar refractivity (Wildman–Crippen MR) is 85.3 cm³/mol. The van der Waals surface area contributed by atoms with Gasteiger partial charge in [0.05, 0.1) is 7.11 Å². The van der Waals surface area contributed by atoms with Crippen LogP contribution in [0.15, 0.2) is 0 Å². The van der Waals surface area contributed by atoms with Gasteiger partial charge in [0.15, 0.2) is 0 Å². The van der Waals surface area contributed by atoms with Crippen LogP contribution < -0.4 is 5.32 Å². The summed E-state index contributed by atoms with van der Waals surface area (Å²) in [4.78, 5) is 15.1. The molecule has 1 heterocycles. The third-order valence-corrected chi connectivity index (χ3v) is 4.79. The third kappa shape index (κ3) is 4.43. The largest absolute Gasteiger partial charge is 0.468 e. The van der Waals surface area contributed by atoms with Crippen LogP contribution in [0.5, 0.6) is 0 Å². The molecule has 0 amide bonds. The Hall–Kier alpha value is -0.610. The fourth-order valence-electron chi connectivity index (χ4n) is 3.68. The quantitative estimate of drug-likeness (QED) is 0.765. The van der Waals surface area contributed by atoms with E-state index in [4.69, 9.17) is 4.74 Å². The van der Waals surface area contributed by atoms with E-state index in [-0.39, 0.29) is 5.97 Å². The van der Waals surface area contributed by atoms with Gasteiger partial charge in [-0.2, -0.15) is 0 Å². The summed E-state index contributed by atoms with van der Waals surface area (Å²) >= 11 is 0. The summed E-state index contributed by atoms with van der Waals surface area (Å²) in [6, 6.07) is 0.291. The molecule has 1 unspecified atom stereocenters. The molecule has 4 heteroatoms. The third-order valence-electron chi connectivity index (χ3n) is 4.79. The lowest BCUT2D eigenvalue weighted by Gasteiger charge is -2.39. The van der Waals surface area contributed by atoms with E-state index in [0.717, 1.165) is 32.5 Å². The number of methoxy groups -OCH3 is 1. The first-order valence-corrected chi connectivity index (χ1v) is 8.67. The molecule has 0 bridgehead atoms. The Morgan fingerprint density at radius 2 is 1.76 bits per heavy atom. The lowest BCUT2D eigenvalue weighted by molar-refractivity contribution is -0.151. The minimum absolute atomic E-state index is 0.0687. The fourth-order valence-corrected chi connectivity index (χ4v) is 3.68. The first-order valence-electron chi connectivity index (χ1n) is 8.67. The summed E-state index contributed by atoms with van der Waals surface area (Å²) < 4.78 is 5.19. The highest BCUT2D eigenvalue weighted by Crippen LogP contribution is 2.41. The molecule has 1 atom stereocenters. The van der Waals surface area contributed by atoms with Gasteiger partial charge in [0, 0.05) is 12.6 Å². The summed E-state index contributed by atoms with van der Waals surface area (Å²) in [6.07, 6.45) is 8.80. The zero-order valence-electron chi connectivity index (χ0n) is 14.0. The number of nitrogens with one attached hydrogen (secondary N) is 1. The number of esters is 1. The maximum Gasteiger partial charge on any atom is 0.327 e. The molecule has 2 rings (SSSR count). The van der Waals surface area contributed by atoms with Gasteiger partial charge in [-0.25, -0.2) is 4.79 Å². The Balaban J connectivity index is 2.11. The smallest absolute Gasteiger partial charge is 0.327 e. The second-order valence-corrected chi connectivity index (χ2v) is 7.08. The van der Waals surface area contributed by atoms with Crippen LogP contribution >= 0.6 is 0 Å². The maximum atomic E-state index is 12.6. The van der Waals surface area contributed by atoms with E-state index in [9.17, 15) is 4.79 Å². The molecular formula is C17H32N2O2. The molecule has 2 fully saturated rings. The molecule has 21 heavy (non-hydrogen) atoms. The molecule has 1 N–H and O–H groups in total. The molecule has 122 valence electrons. The number of hydrogen-bond acceptors (Lipinski definition) is 4. The highest BCUT2D eigenvalue weighted by Gasteiger charge is 2.52. The zero-order valence-corrected chi connectivity index (χ0v) is 14.0. The molecule has 1 aliphatic heterocycles. The lowest BCUT2D eigenvalue weighted by atomic mass is 9.90. The minimum Gasteiger partial charge on any atom is -0.468 e. The highest BCUT2D eigenvalue weighted by atomic mass is 16.5. The SMILES string of the molecule is COC(=O)C(CN1CCCCCCC1)(NC(C)C)C1CC1. The summed E-state index contributed by atoms with van der Waals surface area (Å²) in [5, 5.41) is 3.57. The Kier molecular flexibility index (Phi) is 6.06. The first-order chi connectivity index (χ1) is 10.1. The van der Waals surface area contributed by atoms with Crippen LogP contribution in [0, 0.1) is 5.92 Å². The molecule has 0 aromatic heterocycles. The topological polar surface area (TPSA) is 41.6 Å². The van der Waals surface area contributed by atoms with Gasteiger partial charge in [-0.1, -0.05) is 19.3 Å². The van der Waals surface area contributed by atoms with Gasteiger partial charge in [0.2, 0.25) is 0 Å². The fraction of sp³-hybridized carbons (Fsp3) is 0.941. The lowest BCUT2D eigenvalue weighted by Crippen LogP contribution is -2.63. The van der Waals surface area contributed by atoms with Crippen LogP contribution in [0.2, 0.25) is 0 Å². The number of hydrogen-bond donors (Lipinski definition) is 1. The van der Waals surface area contributed by atoms with Crippen molar-refractivity contribution in [2.75, 3.05) is 26.7 Å². The van der Waals surface area contributed by atoms with E-state index in [1.165, 1.54) is 39.2 Å². The van der Waals surface area contributed by atoms with E-state index in [1.54, 1.807) is 0 Å². The summed E-state index contributed by atoms with van der Waals surface area (Å²) in [5.41, 5.74) is -0.498. The van der Waals surface area contributed by atoms with Gasteiger partial charge in [0.25, 0.3) is 0 Å². The number of nitrogens with zero attached hydrogens (tertiary/aromatic N) is 1. The van der Waals surface area contributed by atoms with Crippen molar-refractivity contribution in [1.82, 2.24) is 10.2 Å². The second-order valence-electron chi connectivity index (χ2n) is 7.08. The molecule has 0 radical (unpaired) electrons. The van der Waals surface area contributed by atoms with Gasteiger partial charge in [-0.3, -0.25) is 5.32 Å². The first kappa shape index (κ1) is 16.8. The molecule has 1 saturated heterocycles. The molecule has 1 saturated carbocycles. The van der Waals surface area contributed by atoms with Gasteiger partial charge in [0.1, 0.15) is 5.54 Å². The van der Waals surface area contributed by atoms with Crippen molar-refractivity contribution in [1.29, 1.82) is 0 Å². The van der Waals surface area contributed by atoms with E-state index < -0.39 is 5.54 Å². The van der Waals surface area contributed by atoms with Crippen molar-refractivity contribution in [3.8, 4) is 0 Å². The zero-order chi connectivity index (χ0) is 15.3. The Bertz CT molecular complexity index is 334. The van der Waals surface area contributed by atoms with Crippen LogP contribution in [-0.2, 0) is 9.53 Å². The van der Waals surface area contributed by atoms with Crippen molar-refractivity contribution >= 4 is 5.97 Å². The summed E-state index contributed by atoms with van der Waals surface area (Å²) in [7, 11) is 1.52. The molecule has 0 aromatic rings. The normalized spacial score (nSPS) is 24.2. The Morgan fingerprint density at radius 3 is 2.24 bits per heavy atom. The Morgan fingerprint density at radius 1 is 1.19 bits per heavy atom. The van der Waals surface area contributed by atoms with Gasteiger partial charge >= 0.3 is 5.97 Å². The van der Waals surface area contributed by atoms with Crippen LogP contribution in [0.1, 0.15) is 58.8 Å². The van der Waals surface area contributed by atoms with E-state index >= 15 is 0 Å². The van der Waals surface area contributed by atoms with Crippen molar-refractivity contribution in [3.05, 3.63) is 0 Å². The average Bonchev–Trinajstić information content (AvgIpc) is 3.23. The molecule has 0 aromatic carbocycles. The van der Waals surface area contributed by atoms with Crippen LogP contribution in [0.4, 0.5) is 0 Å². The monoisotopic (exact) mass is 296 g/mol. The average molecular weight is 296 g/mol. The van der Waals surface area contributed by atoms with Crippen molar-refractivity contribution in [2.45, 2.75) is 70.4 Å². The van der Waals surface area contributed by atoms with Gasteiger partial charge in [-0.15, -0.1) is 0 Å². The van der Waals surface area contributed by atoms with Crippen molar-refractivity contribution in [3.63, 3.8) is 0 Å². The minimum atomic E-state index is -0.498. The van der Waals surface area contributed by atoms with Crippen LogP contribution in [0.3, 0.4) is 0 Å². The predicted octanol–water partition coefficient (Wildman–Crippen LogP) is 2.57. The Labute approximate surface area is 129 Å².